The SMILES string of the molecule is CC(C)N1CCN(C2CCOC3(CCN(C(=O)Cc4ccccc4)CC3)C2)CC1. The first-order valence-corrected chi connectivity index (χ1v) is 11.5. The normalized spacial score (nSPS) is 26.2. The summed E-state index contributed by atoms with van der Waals surface area (Å²) in [7, 11) is 0. The molecule has 1 spiro atoms. The van der Waals surface area contributed by atoms with Gasteiger partial charge >= 0.3 is 0 Å². The molecule has 0 radical (unpaired) electrons. The summed E-state index contributed by atoms with van der Waals surface area (Å²) in [6.07, 6.45) is 4.76. The molecule has 1 unspecified atom stereocenters. The topological polar surface area (TPSA) is 36.0 Å². The lowest BCUT2D eigenvalue weighted by atomic mass is 9.81. The number of ether oxygens (including phenoxy) is 1. The molecule has 3 aliphatic heterocycles. The molecule has 3 saturated heterocycles. The number of rotatable bonds is 4. The van der Waals surface area contributed by atoms with E-state index in [0.717, 1.165) is 50.9 Å². The summed E-state index contributed by atoms with van der Waals surface area (Å²) >= 11 is 0. The van der Waals surface area contributed by atoms with Gasteiger partial charge in [0.25, 0.3) is 0 Å². The second-order valence-electron chi connectivity index (χ2n) is 9.39. The number of nitrogens with zero attached hydrogens (tertiary/aromatic N) is 3. The number of amides is 1. The summed E-state index contributed by atoms with van der Waals surface area (Å²) in [5.41, 5.74) is 1.09. The Morgan fingerprint density at radius 2 is 1.76 bits per heavy atom. The van der Waals surface area contributed by atoms with Crippen molar-refractivity contribution in [3.63, 3.8) is 0 Å². The zero-order chi connectivity index (χ0) is 20.3. The monoisotopic (exact) mass is 399 g/mol. The molecule has 0 bridgehead atoms. The Balaban J connectivity index is 1.28. The van der Waals surface area contributed by atoms with Crippen LogP contribution in [0, 0.1) is 0 Å². The van der Waals surface area contributed by atoms with Crippen molar-refractivity contribution in [2.45, 2.75) is 63.6 Å². The van der Waals surface area contributed by atoms with E-state index in [0.29, 0.717) is 18.5 Å². The van der Waals surface area contributed by atoms with E-state index in [-0.39, 0.29) is 11.5 Å². The number of carbonyl (C=O) groups excluding carboxylic acids is 1. The quantitative estimate of drug-likeness (QED) is 0.780. The molecular formula is C24H37N3O2. The van der Waals surface area contributed by atoms with Gasteiger partial charge in [0.05, 0.1) is 12.0 Å². The molecule has 3 heterocycles. The summed E-state index contributed by atoms with van der Waals surface area (Å²) in [4.78, 5) is 20.0. The van der Waals surface area contributed by atoms with Crippen molar-refractivity contribution in [1.29, 1.82) is 0 Å². The summed E-state index contributed by atoms with van der Waals surface area (Å²) in [6, 6.07) is 11.4. The molecule has 5 heteroatoms. The van der Waals surface area contributed by atoms with Gasteiger partial charge in [0.1, 0.15) is 0 Å². The highest BCUT2D eigenvalue weighted by atomic mass is 16.5. The first kappa shape index (κ1) is 20.8. The third-order valence-electron chi connectivity index (χ3n) is 7.29. The molecule has 5 nitrogen and oxygen atoms in total. The van der Waals surface area contributed by atoms with Crippen molar-refractivity contribution in [3.05, 3.63) is 35.9 Å². The minimum absolute atomic E-state index is 0.0123. The van der Waals surface area contributed by atoms with Gasteiger partial charge in [0.15, 0.2) is 0 Å². The smallest absolute Gasteiger partial charge is 0.226 e. The molecule has 160 valence electrons. The molecule has 1 aromatic carbocycles. The van der Waals surface area contributed by atoms with E-state index in [4.69, 9.17) is 4.74 Å². The van der Waals surface area contributed by atoms with Gasteiger partial charge < -0.3 is 9.64 Å². The van der Waals surface area contributed by atoms with Gasteiger partial charge in [-0.3, -0.25) is 14.6 Å². The highest BCUT2D eigenvalue weighted by Gasteiger charge is 2.42. The van der Waals surface area contributed by atoms with E-state index in [1.54, 1.807) is 0 Å². The van der Waals surface area contributed by atoms with Crippen molar-refractivity contribution in [2.24, 2.45) is 0 Å². The van der Waals surface area contributed by atoms with Crippen LogP contribution in [0.25, 0.3) is 0 Å². The molecule has 1 atom stereocenters. The molecule has 0 saturated carbocycles. The van der Waals surface area contributed by atoms with Crippen molar-refractivity contribution in [1.82, 2.24) is 14.7 Å². The van der Waals surface area contributed by atoms with Crippen LogP contribution in [0.4, 0.5) is 0 Å². The Kier molecular flexibility index (Phi) is 6.57. The van der Waals surface area contributed by atoms with E-state index in [1.165, 1.54) is 26.2 Å². The number of piperidine rings is 1. The number of likely N-dealkylation sites (tertiary alicyclic amines) is 1. The first-order chi connectivity index (χ1) is 14.0. The fraction of sp³-hybridized carbons (Fsp3) is 0.708. The Morgan fingerprint density at radius 3 is 2.41 bits per heavy atom. The molecule has 3 fully saturated rings. The number of hydrogen-bond donors (Lipinski definition) is 0. The van der Waals surface area contributed by atoms with E-state index in [9.17, 15) is 4.79 Å². The van der Waals surface area contributed by atoms with Gasteiger partial charge in [0, 0.05) is 58.0 Å². The van der Waals surface area contributed by atoms with Gasteiger partial charge in [-0.1, -0.05) is 30.3 Å². The minimum Gasteiger partial charge on any atom is -0.375 e. The molecule has 1 amide bonds. The van der Waals surface area contributed by atoms with E-state index >= 15 is 0 Å². The average Bonchev–Trinajstić information content (AvgIpc) is 2.75. The van der Waals surface area contributed by atoms with Crippen LogP contribution in [-0.4, -0.2) is 84.2 Å². The zero-order valence-corrected chi connectivity index (χ0v) is 18.2. The van der Waals surface area contributed by atoms with Crippen LogP contribution in [0.2, 0.25) is 0 Å². The van der Waals surface area contributed by atoms with Crippen LogP contribution in [0.5, 0.6) is 0 Å². The molecule has 1 aromatic rings. The summed E-state index contributed by atoms with van der Waals surface area (Å²) in [6.45, 7) is 11.9. The first-order valence-electron chi connectivity index (χ1n) is 11.5. The van der Waals surface area contributed by atoms with Gasteiger partial charge in [-0.2, -0.15) is 0 Å². The van der Waals surface area contributed by atoms with Crippen molar-refractivity contribution in [3.8, 4) is 0 Å². The molecule has 0 N–H and O–H groups in total. The Labute approximate surface area is 176 Å². The summed E-state index contributed by atoms with van der Waals surface area (Å²) in [5, 5.41) is 0. The van der Waals surface area contributed by atoms with Crippen LogP contribution in [-0.2, 0) is 16.0 Å². The average molecular weight is 400 g/mol. The maximum absolute atomic E-state index is 12.7. The zero-order valence-electron chi connectivity index (χ0n) is 18.2. The lowest BCUT2D eigenvalue weighted by Crippen LogP contribution is -2.58. The second-order valence-corrected chi connectivity index (χ2v) is 9.39. The van der Waals surface area contributed by atoms with Crippen molar-refractivity contribution < 1.29 is 9.53 Å². The number of carbonyl (C=O) groups is 1. The largest absolute Gasteiger partial charge is 0.375 e. The fourth-order valence-corrected chi connectivity index (χ4v) is 5.33. The molecule has 3 aliphatic rings. The lowest BCUT2D eigenvalue weighted by molar-refractivity contribution is -0.150. The van der Waals surface area contributed by atoms with Crippen molar-refractivity contribution >= 4 is 5.91 Å². The van der Waals surface area contributed by atoms with Crippen LogP contribution < -0.4 is 0 Å². The van der Waals surface area contributed by atoms with Gasteiger partial charge in [-0.25, -0.2) is 0 Å². The molecule has 0 aliphatic carbocycles. The fourth-order valence-electron chi connectivity index (χ4n) is 5.33. The Hall–Kier alpha value is -1.43. The summed E-state index contributed by atoms with van der Waals surface area (Å²) < 4.78 is 6.36. The molecule has 0 aromatic heterocycles. The highest BCUT2D eigenvalue weighted by Crippen LogP contribution is 2.37. The maximum atomic E-state index is 12.7. The molecular weight excluding hydrogens is 362 g/mol. The Bertz CT molecular complexity index is 662. The van der Waals surface area contributed by atoms with Gasteiger partial charge in [-0.05, 0) is 45.1 Å². The third kappa shape index (κ3) is 5.01. The minimum atomic E-state index is -0.0123. The Morgan fingerprint density at radius 1 is 1.07 bits per heavy atom. The van der Waals surface area contributed by atoms with Gasteiger partial charge in [0.2, 0.25) is 5.91 Å². The second kappa shape index (κ2) is 9.15. The van der Waals surface area contributed by atoms with Gasteiger partial charge in [-0.15, -0.1) is 0 Å². The standard InChI is InChI=1S/C24H37N3O2/c1-20(2)25-13-15-26(16-14-25)22-8-17-29-24(19-22)9-11-27(12-10-24)23(28)18-21-6-4-3-5-7-21/h3-7,20,22H,8-19H2,1-2H3. The van der Waals surface area contributed by atoms with Crippen LogP contribution in [0.1, 0.15) is 45.1 Å². The van der Waals surface area contributed by atoms with Crippen LogP contribution in [0.3, 0.4) is 0 Å². The molecule has 29 heavy (non-hydrogen) atoms. The highest BCUT2D eigenvalue weighted by molar-refractivity contribution is 5.78. The summed E-state index contributed by atoms with van der Waals surface area (Å²) in [5.74, 6) is 0.253. The third-order valence-corrected chi connectivity index (χ3v) is 7.29. The van der Waals surface area contributed by atoms with Crippen LogP contribution in [0.15, 0.2) is 30.3 Å². The predicted molar refractivity (Wildman–Crippen MR) is 116 cm³/mol. The van der Waals surface area contributed by atoms with E-state index < -0.39 is 0 Å². The maximum Gasteiger partial charge on any atom is 0.226 e. The van der Waals surface area contributed by atoms with E-state index in [2.05, 4.69) is 23.6 Å². The molecule has 4 rings (SSSR count). The number of piperazine rings is 1. The lowest BCUT2D eigenvalue weighted by Gasteiger charge is -2.50. The van der Waals surface area contributed by atoms with E-state index in [1.807, 2.05) is 35.2 Å². The predicted octanol–water partition coefficient (Wildman–Crippen LogP) is 2.80. The van der Waals surface area contributed by atoms with Crippen molar-refractivity contribution in [2.75, 3.05) is 45.9 Å². The number of hydrogen-bond acceptors (Lipinski definition) is 4. The number of benzene rings is 1. The van der Waals surface area contributed by atoms with Crippen LogP contribution >= 0.6 is 0 Å².